The number of ether oxygens (including phenoxy) is 1. The summed E-state index contributed by atoms with van der Waals surface area (Å²) >= 11 is 1.44. The van der Waals surface area contributed by atoms with E-state index >= 15 is 0 Å². The molecule has 1 unspecified atom stereocenters. The minimum absolute atomic E-state index is 0.00267. The Kier molecular flexibility index (Phi) is 5.96. The number of nitrogens with zero attached hydrogens (tertiary/aromatic N) is 2. The zero-order valence-electron chi connectivity index (χ0n) is 16.2. The van der Waals surface area contributed by atoms with Crippen LogP contribution in [0.3, 0.4) is 0 Å². The molecule has 0 saturated carbocycles. The van der Waals surface area contributed by atoms with Crippen LogP contribution in [0.4, 0.5) is 0 Å². The molecule has 27 heavy (non-hydrogen) atoms. The van der Waals surface area contributed by atoms with E-state index in [1.807, 2.05) is 35.3 Å². The fourth-order valence-corrected chi connectivity index (χ4v) is 3.71. The van der Waals surface area contributed by atoms with E-state index in [4.69, 9.17) is 4.74 Å². The van der Waals surface area contributed by atoms with Crippen LogP contribution in [0.1, 0.15) is 38.8 Å². The fraction of sp³-hybridized carbons (Fsp3) is 0.333. The number of aryl methyl sites for hydroxylation is 2. The van der Waals surface area contributed by atoms with Crippen molar-refractivity contribution in [1.29, 1.82) is 0 Å². The molecule has 0 bridgehead atoms. The van der Waals surface area contributed by atoms with Crippen LogP contribution < -0.4 is 10.1 Å². The maximum atomic E-state index is 12.4. The Balaban J connectivity index is 1.57. The predicted octanol–water partition coefficient (Wildman–Crippen LogP) is 4.27. The summed E-state index contributed by atoms with van der Waals surface area (Å²) < 4.78 is 7.80. The van der Waals surface area contributed by atoms with Gasteiger partial charge in [-0.05, 0) is 68.0 Å². The number of rotatable bonds is 7. The molecule has 0 aliphatic heterocycles. The van der Waals surface area contributed by atoms with Gasteiger partial charge in [-0.25, -0.2) is 0 Å². The number of thiophene rings is 1. The molecule has 1 N–H and O–H groups in total. The van der Waals surface area contributed by atoms with E-state index in [9.17, 15) is 4.79 Å². The molecule has 1 aromatic carbocycles. The summed E-state index contributed by atoms with van der Waals surface area (Å²) in [5.41, 5.74) is 4.57. The SMILES string of the molecule is Cc1cc(C)c(C)c(OCc2csc(C(=O)NC(C)Cn3cccn3)c2)c1. The molecule has 0 saturated heterocycles. The van der Waals surface area contributed by atoms with Crippen LogP contribution in [0.5, 0.6) is 5.75 Å². The number of benzene rings is 1. The second-order valence-electron chi connectivity index (χ2n) is 6.92. The van der Waals surface area contributed by atoms with E-state index < -0.39 is 0 Å². The van der Waals surface area contributed by atoms with E-state index in [0.29, 0.717) is 18.0 Å². The number of hydrogen-bond donors (Lipinski definition) is 1. The Morgan fingerprint density at radius 1 is 1.30 bits per heavy atom. The van der Waals surface area contributed by atoms with Crippen molar-refractivity contribution in [2.45, 2.75) is 46.9 Å². The predicted molar refractivity (Wildman–Crippen MR) is 108 cm³/mol. The van der Waals surface area contributed by atoms with Gasteiger partial charge in [0, 0.05) is 24.0 Å². The summed E-state index contributed by atoms with van der Waals surface area (Å²) in [5, 5.41) is 9.16. The van der Waals surface area contributed by atoms with Crippen molar-refractivity contribution in [3.63, 3.8) is 0 Å². The minimum Gasteiger partial charge on any atom is -0.489 e. The lowest BCUT2D eigenvalue weighted by molar-refractivity contribution is 0.0940. The van der Waals surface area contributed by atoms with Crippen LogP contribution in [0, 0.1) is 20.8 Å². The molecule has 5 nitrogen and oxygen atoms in total. The molecule has 6 heteroatoms. The van der Waals surface area contributed by atoms with Gasteiger partial charge < -0.3 is 10.1 Å². The van der Waals surface area contributed by atoms with Crippen LogP contribution in [-0.2, 0) is 13.2 Å². The molecule has 2 heterocycles. The van der Waals surface area contributed by atoms with Crippen molar-refractivity contribution >= 4 is 17.2 Å². The van der Waals surface area contributed by atoms with E-state index in [1.165, 1.54) is 22.5 Å². The first kappa shape index (κ1) is 19.2. The lowest BCUT2D eigenvalue weighted by Gasteiger charge is -2.13. The van der Waals surface area contributed by atoms with Gasteiger partial charge in [0.1, 0.15) is 12.4 Å². The van der Waals surface area contributed by atoms with Gasteiger partial charge in [-0.2, -0.15) is 5.10 Å². The fourth-order valence-electron chi connectivity index (χ4n) is 2.91. The second kappa shape index (κ2) is 8.39. The molecule has 0 fully saturated rings. The van der Waals surface area contributed by atoms with Crippen LogP contribution in [0.2, 0.25) is 0 Å². The van der Waals surface area contributed by atoms with E-state index in [1.54, 1.807) is 6.20 Å². The summed E-state index contributed by atoms with van der Waals surface area (Å²) in [4.78, 5) is 13.1. The van der Waals surface area contributed by atoms with Gasteiger partial charge in [0.25, 0.3) is 5.91 Å². The zero-order chi connectivity index (χ0) is 19.4. The first-order chi connectivity index (χ1) is 12.9. The molecule has 1 amide bonds. The minimum atomic E-state index is -0.0616. The van der Waals surface area contributed by atoms with E-state index in [-0.39, 0.29) is 11.9 Å². The highest BCUT2D eigenvalue weighted by Gasteiger charge is 2.13. The summed E-state index contributed by atoms with van der Waals surface area (Å²) in [6.07, 6.45) is 3.62. The highest BCUT2D eigenvalue weighted by atomic mass is 32.1. The molecule has 0 radical (unpaired) electrons. The van der Waals surface area contributed by atoms with Crippen LogP contribution in [0.25, 0.3) is 0 Å². The number of carbonyl (C=O) groups excluding carboxylic acids is 1. The van der Waals surface area contributed by atoms with Gasteiger partial charge in [0.05, 0.1) is 11.4 Å². The number of carbonyl (C=O) groups is 1. The molecule has 0 aliphatic rings. The Morgan fingerprint density at radius 2 is 2.11 bits per heavy atom. The monoisotopic (exact) mass is 383 g/mol. The molecule has 3 aromatic rings. The molecule has 0 spiro atoms. The summed E-state index contributed by atoms with van der Waals surface area (Å²) in [6.45, 7) is 9.30. The summed E-state index contributed by atoms with van der Waals surface area (Å²) in [7, 11) is 0. The van der Waals surface area contributed by atoms with Gasteiger partial charge in [0.2, 0.25) is 0 Å². The van der Waals surface area contributed by atoms with Crippen molar-refractivity contribution in [3.05, 3.63) is 69.2 Å². The quantitative estimate of drug-likeness (QED) is 0.663. The number of nitrogens with one attached hydrogen (secondary N) is 1. The lowest BCUT2D eigenvalue weighted by Crippen LogP contribution is -2.35. The van der Waals surface area contributed by atoms with E-state index in [0.717, 1.165) is 16.9 Å². The number of hydrogen-bond acceptors (Lipinski definition) is 4. The molecule has 0 aliphatic carbocycles. The third kappa shape index (κ3) is 4.98. The second-order valence-corrected chi connectivity index (χ2v) is 7.83. The van der Waals surface area contributed by atoms with Crippen LogP contribution in [0.15, 0.2) is 42.0 Å². The number of aromatic nitrogens is 2. The maximum absolute atomic E-state index is 12.4. The molecule has 2 aromatic heterocycles. The first-order valence-corrected chi connectivity index (χ1v) is 9.86. The third-order valence-electron chi connectivity index (χ3n) is 4.43. The first-order valence-electron chi connectivity index (χ1n) is 8.98. The average molecular weight is 384 g/mol. The third-order valence-corrected chi connectivity index (χ3v) is 5.41. The Bertz CT molecular complexity index is 916. The maximum Gasteiger partial charge on any atom is 0.261 e. The van der Waals surface area contributed by atoms with E-state index in [2.05, 4.69) is 43.3 Å². The van der Waals surface area contributed by atoms with Crippen molar-refractivity contribution < 1.29 is 9.53 Å². The Hall–Kier alpha value is -2.60. The molecule has 1 atom stereocenters. The highest BCUT2D eigenvalue weighted by molar-refractivity contribution is 7.12. The van der Waals surface area contributed by atoms with Gasteiger partial charge >= 0.3 is 0 Å². The molecule has 142 valence electrons. The largest absolute Gasteiger partial charge is 0.489 e. The van der Waals surface area contributed by atoms with Gasteiger partial charge in [0.15, 0.2) is 0 Å². The normalized spacial score (nSPS) is 12.0. The van der Waals surface area contributed by atoms with Gasteiger partial charge in [-0.15, -0.1) is 11.3 Å². The van der Waals surface area contributed by atoms with Crippen molar-refractivity contribution in [1.82, 2.24) is 15.1 Å². The summed E-state index contributed by atoms with van der Waals surface area (Å²) in [6, 6.07) is 7.98. The van der Waals surface area contributed by atoms with Gasteiger partial charge in [-0.1, -0.05) is 6.07 Å². The molecule has 3 rings (SSSR count). The molecular formula is C21H25N3O2S. The highest BCUT2D eigenvalue weighted by Crippen LogP contribution is 2.25. The van der Waals surface area contributed by atoms with Gasteiger partial charge in [-0.3, -0.25) is 9.48 Å². The summed E-state index contributed by atoms with van der Waals surface area (Å²) in [5.74, 6) is 0.839. The lowest BCUT2D eigenvalue weighted by atomic mass is 10.1. The van der Waals surface area contributed by atoms with Crippen molar-refractivity contribution in [2.75, 3.05) is 0 Å². The smallest absolute Gasteiger partial charge is 0.261 e. The zero-order valence-corrected chi connectivity index (χ0v) is 17.0. The Morgan fingerprint density at radius 3 is 2.85 bits per heavy atom. The molecular weight excluding hydrogens is 358 g/mol. The number of amides is 1. The van der Waals surface area contributed by atoms with Crippen molar-refractivity contribution in [2.24, 2.45) is 0 Å². The van der Waals surface area contributed by atoms with Crippen LogP contribution in [-0.4, -0.2) is 21.7 Å². The topological polar surface area (TPSA) is 56.1 Å². The standard InChI is InChI=1S/C21H25N3O2S/c1-14-8-15(2)17(4)19(9-14)26-12-18-10-20(27-13-18)21(25)23-16(3)11-24-7-5-6-22-24/h5-10,13,16H,11-12H2,1-4H3,(H,23,25). The average Bonchev–Trinajstić information content (AvgIpc) is 3.28. The van der Waals surface area contributed by atoms with Crippen LogP contribution >= 0.6 is 11.3 Å². The Labute approximate surface area is 164 Å². The van der Waals surface area contributed by atoms with Crippen molar-refractivity contribution in [3.8, 4) is 5.75 Å².